The Balaban J connectivity index is 2.73. The molecule has 100 valence electrons. The second-order valence-electron chi connectivity index (χ2n) is 5.21. The molecule has 2 aromatic rings. The quantitative estimate of drug-likeness (QED) is 0.825. The van der Waals surface area contributed by atoms with Gasteiger partial charge in [0.2, 0.25) is 0 Å². The Morgan fingerprint density at radius 1 is 1.32 bits per heavy atom. The van der Waals surface area contributed by atoms with E-state index in [0.717, 1.165) is 9.26 Å². The zero-order valence-electron chi connectivity index (χ0n) is 10.9. The molecular formula is C13H14IN3O2. The predicted octanol–water partition coefficient (Wildman–Crippen LogP) is 2.87. The Hall–Kier alpha value is -1.44. The number of benzene rings is 1. The summed E-state index contributed by atoms with van der Waals surface area (Å²) in [5.41, 5.74) is 1.08. The van der Waals surface area contributed by atoms with E-state index in [-0.39, 0.29) is 11.1 Å². The number of carboxylic acids is 1. The number of nitrogens with zero attached hydrogens (tertiary/aromatic N) is 3. The highest BCUT2D eigenvalue weighted by Gasteiger charge is 2.29. The molecule has 0 spiro atoms. The Bertz CT molecular complexity index is 629. The summed E-state index contributed by atoms with van der Waals surface area (Å²) in [6.45, 7) is 5.85. The molecule has 0 saturated heterocycles. The molecular weight excluding hydrogens is 357 g/mol. The first-order valence-electron chi connectivity index (χ1n) is 5.76. The lowest BCUT2D eigenvalue weighted by atomic mass is 9.90. The number of carbonyl (C=O) groups is 1. The SMILES string of the molecule is CC(C)(C)c1c(C(=O)O)nnn1-c1ccccc1I. The number of halogens is 1. The Kier molecular flexibility index (Phi) is 3.62. The van der Waals surface area contributed by atoms with Crippen LogP contribution in [0.5, 0.6) is 0 Å². The first-order chi connectivity index (χ1) is 8.82. The van der Waals surface area contributed by atoms with Gasteiger partial charge in [0.15, 0.2) is 5.69 Å². The number of hydrogen-bond donors (Lipinski definition) is 1. The van der Waals surface area contributed by atoms with Gasteiger partial charge in [-0.05, 0) is 34.7 Å². The Morgan fingerprint density at radius 2 is 1.95 bits per heavy atom. The van der Waals surface area contributed by atoms with E-state index in [1.807, 2.05) is 45.0 Å². The van der Waals surface area contributed by atoms with Crippen LogP contribution in [-0.4, -0.2) is 26.1 Å². The van der Waals surface area contributed by atoms with Crippen LogP contribution in [0.4, 0.5) is 0 Å². The number of carboxylic acid groups (broad SMARTS) is 1. The average Bonchev–Trinajstić information content (AvgIpc) is 2.73. The van der Waals surface area contributed by atoms with Gasteiger partial charge in [-0.15, -0.1) is 5.10 Å². The molecule has 0 radical (unpaired) electrons. The number of para-hydroxylation sites is 1. The van der Waals surface area contributed by atoms with E-state index in [1.165, 1.54) is 0 Å². The third-order valence-electron chi connectivity index (χ3n) is 2.66. The zero-order valence-corrected chi connectivity index (χ0v) is 13.0. The summed E-state index contributed by atoms with van der Waals surface area (Å²) in [6, 6.07) is 7.67. The lowest BCUT2D eigenvalue weighted by Gasteiger charge is -2.20. The molecule has 0 aliphatic heterocycles. The molecule has 1 heterocycles. The second-order valence-corrected chi connectivity index (χ2v) is 6.37. The molecule has 1 N–H and O–H groups in total. The molecule has 0 saturated carbocycles. The van der Waals surface area contributed by atoms with Gasteiger partial charge in [-0.3, -0.25) is 0 Å². The van der Waals surface area contributed by atoms with Gasteiger partial charge in [0.1, 0.15) is 0 Å². The van der Waals surface area contributed by atoms with Crippen LogP contribution in [0, 0.1) is 3.57 Å². The van der Waals surface area contributed by atoms with Gasteiger partial charge in [-0.1, -0.05) is 38.1 Å². The van der Waals surface area contributed by atoms with E-state index in [0.29, 0.717) is 5.69 Å². The van der Waals surface area contributed by atoms with E-state index in [1.54, 1.807) is 4.68 Å². The van der Waals surface area contributed by atoms with Gasteiger partial charge in [-0.25, -0.2) is 9.48 Å². The van der Waals surface area contributed by atoms with Crippen LogP contribution in [-0.2, 0) is 5.41 Å². The minimum absolute atomic E-state index is 0.00662. The topological polar surface area (TPSA) is 68.0 Å². The van der Waals surface area contributed by atoms with E-state index in [4.69, 9.17) is 0 Å². The first kappa shape index (κ1) is 14.0. The van der Waals surface area contributed by atoms with Crippen LogP contribution in [0.1, 0.15) is 37.0 Å². The van der Waals surface area contributed by atoms with Gasteiger partial charge < -0.3 is 5.11 Å². The van der Waals surface area contributed by atoms with Crippen LogP contribution < -0.4 is 0 Å². The van der Waals surface area contributed by atoms with Gasteiger partial charge in [0.05, 0.1) is 11.4 Å². The standard InChI is InChI=1S/C13H14IN3O2/c1-13(2,3)11-10(12(18)19)15-16-17(11)9-7-5-4-6-8(9)14/h4-7H,1-3H3,(H,18,19). The van der Waals surface area contributed by atoms with Crippen LogP contribution in [0.3, 0.4) is 0 Å². The van der Waals surface area contributed by atoms with Gasteiger partial charge in [-0.2, -0.15) is 0 Å². The molecule has 0 amide bonds. The van der Waals surface area contributed by atoms with Crippen molar-refractivity contribution in [2.24, 2.45) is 0 Å². The van der Waals surface area contributed by atoms with E-state index >= 15 is 0 Å². The van der Waals surface area contributed by atoms with Crippen molar-refractivity contribution in [2.75, 3.05) is 0 Å². The van der Waals surface area contributed by atoms with Crippen molar-refractivity contribution in [3.63, 3.8) is 0 Å². The fourth-order valence-corrected chi connectivity index (χ4v) is 2.51. The minimum atomic E-state index is -1.05. The van der Waals surface area contributed by atoms with Gasteiger partial charge in [0.25, 0.3) is 0 Å². The largest absolute Gasteiger partial charge is 0.476 e. The summed E-state index contributed by atoms with van der Waals surface area (Å²) in [7, 11) is 0. The Morgan fingerprint density at radius 3 is 2.47 bits per heavy atom. The third kappa shape index (κ3) is 2.63. The molecule has 19 heavy (non-hydrogen) atoms. The summed E-state index contributed by atoms with van der Waals surface area (Å²) in [5, 5.41) is 17.1. The van der Waals surface area contributed by atoms with Crippen LogP contribution in [0.2, 0.25) is 0 Å². The van der Waals surface area contributed by atoms with E-state index < -0.39 is 5.97 Å². The average molecular weight is 371 g/mol. The molecule has 0 aliphatic rings. The van der Waals surface area contributed by atoms with Crippen molar-refractivity contribution in [1.29, 1.82) is 0 Å². The molecule has 0 bridgehead atoms. The fraction of sp³-hybridized carbons (Fsp3) is 0.308. The molecule has 0 fully saturated rings. The number of hydrogen-bond acceptors (Lipinski definition) is 3. The summed E-state index contributed by atoms with van der Waals surface area (Å²) in [6.07, 6.45) is 0. The van der Waals surface area contributed by atoms with Gasteiger partial charge >= 0.3 is 5.97 Å². The highest BCUT2D eigenvalue weighted by Crippen LogP contribution is 2.28. The second kappa shape index (κ2) is 4.92. The summed E-state index contributed by atoms with van der Waals surface area (Å²) < 4.78 is 2.61. The lowest BCUT2D eigenvalue weighted by Crippen LogP contribution is -2.21. The maximum Gasteiger partial charge on any atom is 0.358 e. The molecule has 1 aromatic heterocycles. The molecule has 5 nitrogen and oxygen atoms in total. The van der Waals surface area contributed by atoms with Crippen molar-refractivity contribution >= 4 is 28.6 Å². The zero-order chi connectivity index (χ0) is 14.2. The number of aromatic nitrogens is 3. The third-order valence-corrected chi connectivity index (χ3v) is 3.58. The molecule has 2 rings (SSSR count). The van der Waals surface area contributed by atoms with E-state index in [2.05, 4.69) is 32.9 Å². The summed E-state index contributed by atoms with van der Waals surface area (Å²) in [5.74, 6) is -1.05. The van der Waals surface area contributed by atoms with Crippen molar-refractivity contribution in [3.8, 4) is 5.69 Å². The maximum absolute atomic E-state index is 11.3. The van der Waals surface area contributed by atoms with E-state index in [9.17, 15) is 9.90 Å². The Labute approximate surface area is 124 Å². The maximum atomic E-state index is 11.3. The molecule has 0 atom stereocenters. The lowest BCUT2D eigenvalue weighted by molar-refractivity contribution is 0.0687. The van der Waals surface area contributed by atoms with Crippen LogP contribution >= 0.6 is 22.6 Å². The smallest absolute Gasteiger partial charge is 0.358 e. The minimum Gasteiger partial charge on any atom is -0.476 e. The summed E-state index contributed by atoms with van der Waals surface area (Å²) in [4.78, 5) is 11.3. The summed E-state index contributed by atoms with van der Waals surface area (Å²) >= 11 is 2.20. The first-order valence-corrected chi connectivity index (χ1v) is 6.84. The van der Waals surface area contributed by atoms with Crippen molar-refractivity contribution in [2.45, 2.75) is 26.2 Å². The monoisotopic (exact) mass is 371 g/mol. The van der Waals surface area contributed by atoms with Crippen LogP contribution in [0.25, 0.3) is 5.69 Å². The predicted molar refractivity (Wildman–Crippen MR) is 79.7 cm³/mol. The van der Waals surface area contributed by atoms with Crippen molar-refractivity contribution < 1.29 is 9.90 Å². The van der Waals surface area contributed by atoms with Crippen molar-refractivity contribution in [3.05, 3.63) is 39.2 Å². The molecule has 0 unspecified atom stereocenters. The normalized spacial score (nSPS) is 11.6. The molecule has 1 aromatic carbocycles. The number of aromatic carboxylic acids is 1. The highest BCUT2D eigenvalue weighted by molar-refractivity contribution is 14.1. The van der Waals surface area contributed by atoms with Gasteiger partial charge in [0, 0.05) is 8.99 Å². The highest BCUT2D eigenvalue weighted by atomic mass is 127. The fourth-order valence-electron chi connectivity index (χ4n) is 1.89. The number of rotatable bonds is 2. The van der Waals surface area contributed by atoms with Crippen molar-refractivity contribution in [1.82, 2.24) is 15.0 Å². The molecule has 0 aliphatic carbocycles. The van der Waals surface area contributed by atoms with Crippen LogP contribution in [0.15, 0.2) is 24.3 Å². The molecule has 6 heteroatoms.